The lowest BCUT2D eigenvalue weighted by Crippen LogP contribution is -2.40. The van der Waals surface area contributed by atoms with Gasteiger partial charge < -0.3 is 10.5 Å². The summed E-state index contributed by atoms with van der Waals surface area (Å²) in [4.78, 5) is 12.3. The van der Waals surface area contributed by atoms with Crippen LogP contribution in [0, 0.1) is 0 Å². The fourth-order valence-corrected chi connectivity index (χ4v) is 1.29. The van der Waals surface area contributed by atoms with Gasteiger partial charge in [-0.2, -0.15) is 13.2 Å². The standard InChI is InChI=1S/C10H19F3N2O2/c1-3-15(7-10(11,12)13)6-5-8(14)9(16)17-4-2/h8H,3-7,14H2,1-2H3. The number of ether oxygens (including phenoxy) is 1. The molecule has 0 amide bonds. The zero-order valence-corrected chi connectivity index (χ0v) is 10.1. The van der Waals surface area contributed by atoms with E-state index < -0.39 is 24.7 Å². The fourth-order valence-electron chi connectivity index (χ4n) is 1.29. The van der Waals surface area contributed by atoms with Crippen molar-refractivity contribution in [3.8, 4) is 0 Å². The van der Waals surface area contributed by atoms with Gasteiger partial charge in [0.2, 0.25) is 0 Å². The Morgan fingerprint density at radius 3 is 2.41 bits per heavy atom. The maximum absolute atomic E-state index is 12.1. The van der Waals surface area contributed by atoms with Gasteiger partial charge in [-0.05, 0) is 19.9 Å². The highest BCUT2D eigenvalue weighted by Crippen LogP contribution is 2.16. The maximum Gasteiger partial charge on any atom is 0.401 e. The molecule has 2 N–H and O–H groups in total. The van der Waals surface area contributed by atoms with Crippen molar-refractivity contribution >= 4 is 5.97 Å². The third kappa shape index (κ3) is 7.98. The molecule has 0 bridgehead atoms. The van der Waals surface area contributed by atoms with Gasteiger partial charge in [0, 0.05) is 6.54 Å². The normalized spacial score (nSPS) is 13.8. The smallest absolute Gasteiger partial charge is 0.401 e. The van der Waals surface area contributed by atoms with E-state index >= 15 is 0 Å². The molecule has 102 valence electrons. The van der Waals surface area contributed by atoms with Crippen molar-refractivity contribution in [3.63, 3.8) is 0 Å². The van der Waals surface area contributed by atoms with Crippen LogP contribution < -0.4 is 5.73 Å². The maximum atomic E-state index is 12.1. The number of hydrogen-bond acceptors (Lipinski definition) is 4. The summed E-state index contributed by atoms with van der Waals surface area (Å²) in [5.41, 5.74) is 5.49. The van der Waals surface area contributed by atoms with Crippen LogP contribution in [0.1, 0.15) is 20.3 Å². The third-order valence-corrected chi connectivity index (χ3v) is 2.20. The van der Waals surface area contributed by atoms with Crippen LogP contribution in [0.15, 0.2) is 0 Å². The van der Waals surface area contributed by atoms with Gasteiger partial charge in [-0.1, -0.05) is 6.92 Å². The number of rotatable bonds is 7. The molecule has 7 heteroatoms. The Kier molecular flexibility index (Phi) is 7.13. The Balaban J connectivity index is 4.02. The summed E-state index contributed by atoms with van der Waals surface area (Å²) in [6.45, 7) is 2.88. The largest absolute Gasteiger partial charge is 0.465 e. The van der Waals surface area contributed by atoms with E-state index in [1.54, 1.807) is 13.8 Å². The minimum atomic E-state index is -4.23. The van der Waals surface area contributed by atoms with Crippen LogP contribution in [-0.4, -0.2) is 49.3 Å². The summed E-state index contributed by atoms with van der Waals surface area (Å²) >= 11 is 0. The number of nitrogens with two attached hydrogens (primary N) is 1. The first-order valence-electron chi connectivity index (χ1n) is 5.51. The second-order valence-electron chi connectivity index (χ2n) is 3.63. The molecule has 0 saturated carbocycles. The molecule has 0 aliphatic rings. The fraction of sp³-hybridized carbons (Fsp3) is 0.900. The molecule has 17 heavy (non-hydrogen) atoms. The average Bonchev–Trinajstić information content (AvgIpc) is 2.22. The van der Waals surface area contributed by atoms with E-state index in [9.17, 15) is 18.0 Å². The minimum Gasteiger partial charge on any atom is -0.465 e. The van der Waals surface area contributed by atoms with Crippen LogP contribution in [-0.2, 0) is 9.53 Å². The van der Waals surface area contributed by atoms with E-state index in [4.69, 9.17) is 5.73 Å². The lowest BCUT2D eigenvalue weighted by Gasteiger charge is -2.22. The highest BCUT2D eigenvalue weighted by atomic mass is 19.4. The molecule has 0 aromatic carbocycles. The molecular weight excluding hydrogens is 237 g/mol. The van der Waals surface area contributed by atoms with Gasteiger partial charge in [0.25, 0.3) is 0 Å². The molecule has 0 radical (unpaired) electrons. The van der Waals surface area contributed by atoms with Gasteiger partial charge in [-0.25, -0.2) is 0 Å². The summed E-state index contributed by atoms with van der Waals surface area (Å²) < 4.78 is 41.1. The van der Waals surface area contributed by atoms with Crippen molar-refractivity contribution in [2.45, 2.75) is 32.5 Å². The third-order valence-electron chi connectivity index (χ3n) is 2.20. The Labute approximate surface area is 98.9 Å². The Hall–Kier alpha value is -0.820. The van der Waals surface area contributed by atoms with Crippen LogP contribution in [0.4, 0.5) is 13.2 Å². The van der Waals surface area contributed by atoms with Crippen molar-refractivity contribution in [2.24, 2.45) is 5.73 Å². The van der Waals surface area contributed by atoms with Crippen molar-refractivity contribution in [2.75, 3.05) is 26.2 Å². The van der Waals surface area contributed by atoms with Crippen LogP contribution >= 0.6 is 0 Å². The molecule has 0 spiro atoms. The predicted molar refractivity (Wildman–Crippen MR) is 57.4 cm³/mol. The average molecular weight is 256 g/mol. The summed E-state index contributed by atoms with van der Waals surface area (Å²) in [7, 11) is 0. The molecular formula is C10H19F3N2O2. The molecule has 1 atom stereocenters. The molecule has 0 aromatic rings. The highest BCUT2D eigenvalue weighted by molar-refractivity contribution is 5.75. The highest BCUT2D eigenvalue weighted by Gasteiger charge is 2.30. The van der Waals surface area contributed by atoms with Gasteiger partial charge in [-0.15, -0.1) is 0 Å². The van der Waals surface area contributed by atoms with Crippen molar-refractivity contribution < 1.29 is 22.7 Å². The summed E-state index contributed by atoms with van der Waals surface area (Å²) in [5.74, 6) is -0.574. The number of halogens is 3. The van der Waals surface area contributed by atoms with E-state index in [0.717, 1.165) is 0 Å². The second kappa shape index (κ2) is 7.50. The van der Waals surface area contributed by atoms with Crippen molar-refractivity contribution in [3.05, 3.63) is 0 Å². The first-order valence-corrected chi connectivity index (χ1v) is 5.51. The number of nitrogens with zero attached hydrogens (tertiary/aromatic N) is 1. The molecule has 4 nitrogen and oxygen atoms in total. The molecule has 0 saturated heterocycles. The van der Waals surface area contributed by atoms with Gasteiger partial charge in [0.1, 0.15) is 6.04 Å². The Morgan fingerprint density at radius 2 is 2.00 bits per heavy atom. The van der Waals surface area contributed by atoms with Gasteiger partial charge in [-0.3, -0.25) is 9.69 Å². The quantitative estimate of drug-likeness (QED) is 0.694. The van der Waals surface area contributed by atoms with Crippen LogP contribution in [0.2, 0.25) is 0 Å². The first-order chi connectivity index (χ1) is 7.80. The number of carbonyl (C=O) groups is 1. The zero-order valence-electron chi connectivity index (χ0n) is 10.1. The number of carbonyl (C=O) groups excluding carboxylic acids is 1. The zero-order chi connectivity index (χ0) is 13.5. The summed E-state index contributed by atoms with van der Waals surface area (Å²) in [6, 6.07) is -0.864. The van der Waals surface area contributed by atoms with Crippen LogP contribution in [0.3, 0.4) is 0 Å². The van der Waals surface area contributed by atoms with E-state index in [1.807, 2.05) is 0 Å². The molecule has 1 unspecified atom stereocenters. The summed E-state index contributed by atoms with van der Waals surface area (Å²) in [5, 5.41) is 0. The van der Waals surface area contributed by atoms with E-state index in [2.05, 4.69) is 4.74 Å². The molecule has 0 fully saturated rings. The van der Waals surface area contributed by atoms with E-state index in [-0.39, 0.29) is 26.1 Å². The number of alkyl halides is 3. The van der Waals surface area contributed by atoms with E-state index in [0.29, 0.717) is 0 Å². The predicted octanol–water partition coefficient (Wildman–Crippen LogP) is 1.15. The molecule has 0 aliphatic carbocycles. The summed E-state index contributed by atoms with van der Waals surface area (Å²) in [6.07, 6.45) is -4.08. The molecule has 0 heterocycles. The SMILES string of the molecule is CCOC(=O)C(N)CCN(CC)CC(F)(F)F. The van der Waals surface area contributed by atoms with Crippen LogP contribution in [0.25, 0.3) is 0 Å². The monoisotopic (exact) mass is 256 g/mol. The van der Waals surface area contributed by atoms with Gasteiger partial charge in [0.05, 0.1) is 13.2 Å². The topological polar surface area (TPSA) is 55.6 Å². The Bertz CT molecular complexity index is 234. The second-order valence-corrected chi connectivity index (χ2v) is 3.63. The molecule has 0 aliphatic heterocycles. The minimum absolute atomic E-state index is 0.121. The van der Waals surface area contributed by atoms with Gasteiger partial charge in [0.15, 0.2) is 0 Å². The first kappa shape index (κ1) is 16.2. The number of esters is 1. The van der Waals surface area contributed by atoms with E-state index in [1.165, 1.54) is 4.90 Å². The van der Waals surface area contributed by atoms with Crippen molar-refractivity contribution in [1.29, 1.82) is 0 Å². The van der Waals surface area contributed by atoms with Crippen LogP contribution in [0.5, 0.6) is 0 Å². The van der Waals surface area contributed by atoms with Crippen molar-refractivity contribution in [1.82, 2.24) is 4.90 Å². The number of hydrogen-bond donors (Lipinski definition) is 1. The lowest BCUT2D eigenvalue weighted by molar-refractivity contribution is -0.147. The molecule has 0 aromatic heterocycles. The molecule has 0 rings (SSSR count). The van der Waals surface area contributed by atoms with Gasteiger partial charge >= 0.3 is 12.1 Å². The lowest BCUT2D eigenvalue weighted by atomic mass is 10.2. The Morgan fingerprint density at radius 1 is 1.41 bits per heavy atom.